The Balaban J connectivity index is 2.01. The van der Waals surface area contributed by atoms with E-state index in [1.54, 1.807) is 12.1 Å². The number of nitrogens with one attached hydrogen (secondary N) is 1. The van der Waals surface area contributed by atoms with Gasteiger partial charge < -0.3 is 19.9 Å². The van der Waals surface area contributed by atoms with Crippen LogP contribution in [0.2, 0.25) is 0 Å². The van der Waals surface area contributed by atoms with E-state index >= 15 is 0 Å². The summed E-state index contributed by atoms with van der Waals surface area (Å²) in [5, 5.41) is 3.00. The van der Waals surface area contributed by atoms with Gasteiger partial charge in [0.05, 0.1) is 6.61 Å². The average Bonchev–Trinajstić information content (AvgIpc) is 2.91. The minimum absolute atomic E-state index is 0.0310. The summed E-state index contributed by atoms with van der Waals surface area (Å²) in [5.74, 6) is 0.569. The Bertz CT molecular complexity index is 876. The number of hydrogen-bond donors (Lipinski definition) is 1. The van der Waals surface area contributed by atoms with E-state index in [0.29, 0.717) is 31.7 Å². The summed E-state index contributed by atoms with van der Waals surface area (Å²) < 4.78 is 5.92. The van der Waals surface area contributed by atoms with Crippen molar-refractivity contribution in [1.29, 1.82) is 0 Å². The maximum absolute atomic E-state index is 13.4. The number of hydrogen-bond acceptors (Lipinski definition) is 4. The highest BCUT2D eigenvalue weighted by Gasteiger charge is 2.26. The van der Waals surface area contributed by atoms with Gasteiger partial charge in [-0.2, -0.15) is 0 Å². The molecule has 0 aliphatic heterocycles. The lowest BCUT2D eigenvalue weighted by Crippen LogP contribution is -2.50. The van der Waals surface area contributed by atoms with Crippen molar-refractivity contribution < 1.29 is 14.3 Å². The van der Waals surface area contributed by atoms with Crippen molar-refractivity contribution in [2.24, 2.45) is 0 Å². The SMILES string of the molecule is CCCN(CCC)C(=O)C(Cc1ccc(OCCCCN(CC)CC)cc1)NC(=O)c1ccccc1. The van der Waals surface area contributed by atoms with E-state index in [4.69, 9.17) is 4.74 Å². The lowest BCUT2D eigenvalue weighted by Gasteiger charge is -2.27. The van der Waals surface area contributed by atoms with Crippen LogP contribution in [0.15, 0.2) is 54.6 Å². The van der Waals surface area contributed by atoms with E-state index < -0.39 is 6.04 Å². The van der Waals surface area contributed by atoms with Gasteiger partial charge in [0.15, 0.2) is 0 Å². The molecule has 2 aromatic carbocycles. The van der Waals surface area contributed by atoms with Crippen LogP contribution >= 0.6 is 0 Å². The fourth-order valence-corrected chi connectivity index (χ4v) is 4.25. The number of amides is 2. The van der Waals surface area contributed by atoms with E-state index in [0.717, 1.165) is 56.6 Å². The van der Waals surface area contributed by atoms with E-state index in [1.165, 1.54) is 0 Å². The number of carbonyl (C=O) groups excluding carboxylic acids is 2. The van der Waals surface area contributed by atoms with Gasteiger partial charge in [-0.3, -0.25) is 9.59 Å². The molecule has 6 heteroatoms. The minimum atomic E-state index is -0.623. The molecule has 0 spiro atoms. The van der Waals surface area contributed by atoms with Gasteiger partial charge >= 0.3 is 0 Å². The largest absolute Gasteiger partial charge is 0.494 e. The molecule has 198 valence electrons. The molecule has 0 aromatic heterocycles. The van der Waals surface area contributed by atoms with E-state index in [-0.39, 0.29) is 11.8 Å². The molecule has 1 unspecified atom stereocenters. The molecule has 2 amide bonds. The lowest BCUT2D eigenvalue weighted by molar-refractivity contribution is -0.133. The highest BCUT2D eigenvalue weighted by Crippen LogP contribution is 2.16. The Morgan fingerprint density at radius 2 is 1.47 bits per heavy atom. The zero-order valence-electron chi connectivity index (χ0n) is 22.7. The van der Waals surface area contributed by atoms with Crippen LogP contribution in [0.5, 0.6) is 5.75 Å². The molecular weight excluding hydrogens is 450 g/mol. The van der Waals surface area contributed by atoms with Crippen LogP contribution in [0.1, 0.15) is 69.3 Å². The van der Waals surface area contributed by atoms with Gasteiger partial charge in [0.2, 0.25) is 5.91 Å². The van der Waals surface area contributed by atoms with Crippen LogP contribution in [0.4, 0.5) is 0 Å². The Morgan fingerprint density at radius 3 is 2.06 bits per heavy atom. The summed E-state index contributed by atoms with van der Waals surface area (Å²) in [7, 11) is 0. The second-order valence-corrected chi connectivity index (χ2v) is 9.15. The molecule has 0 saturated heterocycles. The summed E-state index contributed by atoms with van der Waals surface area (Å²) in [5.41, 5.74) is 1.54. The maximum Gasteiger partial charge on any atom is 0.251 e. The third-order valence-electron chi connectivity index (χ3n) is 6.33. The standard InChI is InChI=1S/C30H45N3O3/c1-5-20-33(21-6-2)30(35)28(31-29(34)26-14-10-9-11-15-26)24-25-16-18-27(19-17-25)36-23-13-12-22-32(7-3)8-4/h9-11,14-19,28H,5-8,12-13,20-24H2,1-4H3,(H,31,34). The maximum atomic E-state index is 13.4. The first-order valence-electron chi connectivity index (χ1n) is 13.6. The van der Waals surface area contributed by atoms with Gasteiger partial charge in [-0.25, -0.2) is 0 Å². The van der Waals surface area contributed by atoms with Gasteiger partial charge in [0.1, 0.15) is 11.8 Å². The highest BCUT2D eigenvalue weighted by molar-refractivity contribution is 5.97. The third-order valence-corrected chi connectivity index (χ3v) is 6.33. The van der Waals surface area contributed by atoms with Crippen molar-refractivity contribution in [2.75, 3.05) is 39.3 Å². The monoisotopic (exact) mass is 495 g/mol. The first kappa shape index (κ1) is 29.4. The molecule has 0 aliphatic rings. The lowest BCUT2D eigenvalue weighted by atomic mass is 10.0. The van der Waals surface area contributed by atoms with Crippen LogP contribution in [-0.4, -0.2) is 67.0 Å². The molecule has 0 radical (unpaired) electrons. The number of benzene rings is 2. The summed E-state index contributed by atoms with van der Waals surface area (Å²) in [6.07, 6.45) is 4.34. The summed E-state index contributed by atoms with van der Waals surface area (Å²) in [6.45, 7) is 13.9. The van der Waals surface area contributed by atoms with Crippen LogP contribution < -0.4 is 10.1 Å². The van der Waals surface area contributed by atoms with E-state index in [9.17, 15) is 9.59 Å². The van der Waals surface area contributed by atoms with E-state index in [2.05, 4.69) is 37.9 Å². The van der Waals surface area contributed by atoms with Crippen LogP contribution in [0, 0.1) is 0 Å². The number of carbonyl (C=O) groups is 2. The Morgan fingerprint density at radius 1 is 0.833 bits per heavy atom. The van der Waals surface area contributed by atoms with Crippen LogP contribution in [-0.2, 0) is 11.2 Å². The first-order chi connectivity index (χ1) is 17.5. The Labute approximate surface area is 218 Å². The van der Waals surface area contributed by atoms with Crippen molar-refractivity contribution in [3.63, 3.8) is 0 Å². The average molecular weight is 496 g/mol. The zero-order chi connectivity index (χ0) is 26.2. The number of nitrogens with zero attached hydrogens (tertiary/aromatic N) is 2. The van der Waals surface area contributed by atoms with Gasteiger partial charge in [-0.1, -0.05) is 58.0 Å². The van der Waals surface area contributed by atoms with Gasteiger partial charge in [0, 0.05) is 25.1 Å². The molecule has 2 rings (SSSR count). The summed E-state index contributed by atoms with van der Waals surface area (Å²) >= 11 is 0. The van der Waals surface area contributed by atoms with Crippen LogP contribution in [0.25, 0.3) is 0 Å². The fourth-order valence-electron chi connectivity index (χ4n) is 4.25. The zero-order valence-corrected chi connectivity index (χ0v) is 22.7. The van der Waals surface area contributed by atoms with Crippen molar-refractivity contribution >= 4 is 11.8 Å². The molecular formula is C30H45N3O3. The Hall–Kier alpha value is -2.86. The molecule has 0 saturated carbocycles. The minimum Gasteiger partial charge on any atom is -0.494 e. The highest BCUT2D eigenvalue weighted by atomic mass is 16.5. The smallest absolute Gasteiger partial charge is 0.251 e. The second kappa shape index (κ2) is 16.7. The molecule has 0 bridgehead atoms. The molecule has 6 nitrogen and oxygen atoms in total. The first-order valence-corrected chi connectivity index (χ1v) is 13.6. The second-order valence-electron chi connectivity index (χ2n) is 9.15. The van der Waals surface area contributed by atoms with Crippen molar-refractivity contribution in [3.8, 4) is 5.75 Å². The van der Waals surface area contributed by atoms with Gasteiger partial charge in [0.25, 0.3) is 5.91 Å². The third kappa shape index (κ3) is 10.0. The summed E-state index contributed by atoms with van der Waals surface area (Å²) in [4.78, 5) is 30.6. The molecule has 0 fully saturated rings. The number of ether oxygens (including phenoxy) is 1. The molecule has 2 aromatic rings. The molecule has 36 heavy (non-hydrogen) atoms. The quantitative estimate of drug-likeness (QED) is 0.307. The normalized spacial score (nSPS) is 11.8. The molecule has 1 atom stereocenters. The van der Waals surface area contributed by atoms with Crippen LogP contribution in [0.3, 0.4) is 0 Å². The topological polar surface area (TPSA) is 61.9 Å². The fraction of sp³-hybridized carbons (Fsp3) is 0.533. The number of rotatable bonds is 17. The Kier molecular flexibility index (Phi) is 13.7. The molecule has 0 heterocycles. The summed E-state index contributed by atoms with van der Waals surface area (Å²) in [6, 6.07) is 16.3. The molecule has 1 N–H and O–H groups in total. The van der Waals surface area contributed by atoms with Crippen molar-refractivity contribution in [3.05, 3.63) is 65.7 Å². The van der Waals surface area contributed by atoms with Crippen molar-refractivity contribution in [1.82, 2.24) is 15.1 Å². The van der Waals surface area contributed by atoms with Gasteiger partial charge in [-0.05, 0) is 75.1 Å². The predicted octanol–water partition coefficient (Wildman–Crippen LogP) is 5.18. The number of unbranched alkanes of at least 4 members (excludes halogenated alkanes) is 1. The van der Waals surface area contributed by atoms with Crippen molar-refractivity contribution in [2.45, 2.75) is 65.8 Å². The predicted molar refractivity (Wildman–Crippen MR) is 148 cm³/mol. The van der Waals surface area contributed by atoms with Gasteiger partial charge in [-0.15, -0.1) is 0 Å². The van der Waals surface area contributed by atoms with E-state index in [1.807, 2.05) is 47.4 Å². The molecule has 0 aliphatic carbocycles.